The predicted octanol–water partition coefficient (Wildman–Crippen LogP) is 5.29. The third-order valence-corrected chi connectivity index (χ3v) is 8.74. The van der Waals surface area contributed by atoms with Crippen molar-refractivity contribution in [2.24, 2.45) is 5.92 Å². The molecule has 0 spiro atoms. The molecule has 1 heterocycles. The van der Waals surface area contributed by atoms with Crippen molar-refractivity contribution in [3.8, 4) is 0 Å². The molecule has 0 aliphatic rings. The van der Waals surface area contributed by atoms with Crippen LogP contribution in [0, 0.1) is 5.92 Å². The second-order valence-electron chi connectivity index (χ2n) is 13.2. The smallest absolute Gasteiger partial charge is 0.408 e. The fourth-order valence-corrected chi connectivity index (χ4v) is 6.08. The molecule has 5 N–H and O–H groups in total. The number of H-pyrrole nitrogens is 1. The average Bonchev–Trinajstić information content (AvgIpc) is 3.67. The van der Waals surface area contributed by atoms with Crippen molar-refractivity contribution < 1.29 is 29.0 Å². The van der Waals surface area contributed by atoms with E-state index in [9.17, 15) is 24.3 Å². The lowest BCUT2D eigenvalue weighted by Gasteiger charge is -2.29. The number of aliphatic hydroxyl groups is 1. The van der Waals surface area contributed by atoms with E-state index in [4.69, 9.17) is 4.74 Å². The molecule has 4 aromatic carbocycles. The van der Waals surface area contributed by atoms with E-state index in [0.29, 0.717) is 17.7 Å². The molecule has 5 rings (SSSR count). The first-order valence-corrected chi connectivity index (χ1v) is 17.4. The number of rotatable bonds is 17. The summed E-state index contributed by atoms with van der Waals surface area (Å²) in [6.07, 6.45) is 1.41. The van der Waals surface area contributed by atoms with Crippen LogP contribution in [0.4, 0.5) is 4.79 Å². The Kier molecular flexibility index (Phi) is 13.3. The Hall–Kier alpha value is -5.81. The number of aromatic nitrogens is 2. The monoisotopic (exact) mass is 703 g/mol. The summed E-state index contributed by atoms with van der Waals surface area (Å²) in [5.74, 6) is -1.34. The van der Waals surface area contributed by atoms with Crippen molar-refractivity contribution in [3.63, 3.8) is 0 Å². The number of aliphatic hydroxyl groups excluding tert-OH is 1. The summed E-state index contributed by atoms with van der Waals surface area (Å²) in [4.78, 5) is 61.3. The zero-order chi connectivity index (χ0) is 36.9. The number of Topliss-reactive ketones (excluding diaryl/α,β-unsaturated/α-hetero) is 1. The number of amides is 3. The van der Waals surface area contributed by atoms with Gasteiger partial charge in [0.05, 0.1) is 18.5 Å². The largest absolute Gasteiger partial charge is 0.445 e. The van der Waals surface area contributed by atoms with E-state index >= 15 is 0 Å². The minimum Gasteiger partial charge on any atom is -0.445 e. The van der Waals surface area contributed by atoms with E-state index in [0.717, 1.165) is 21.9 Å². The topological polar surface area (TPSA) is 163 Å². The van der Waals surface area contributed by atoms with Crippen LogP contribution in [-0.2, 0) is 33.8 Å². The number of ketones is 1. The number of benzene rings is 4. The molecule has 270 valence electrons. The van der Waals surface area contributed by atoms with Crippen molar-refractivity contribution in [2.75, 3.05) is 0 Å². The van der Waals surface area contributed by atoms with Gasteiger partial charge in [-0.15, -0.1) is 0 Å². The van der Waals surface area contributed by atoms with Gasteiger partial charge >= 0.3 is 6.09 Å². The number of nitrogens with one attached hydrogen (secondary N) is 4. The molecule has 0 aliphatic carbocycles. The summed E-state index contributed by atoms with van der Waals surface area (Å²) in [5.41, 5.74) is 2.65. The molecule has 0 saturated carbocycles. The van der Waals surface area contributed by atoms with Gasteiger partial charge in [0.2, 0.25) is 11.8 Å². The second kappa shape index (κ2) is 18.4. The molecule has 1 unspecified atom stereocenters. The van der Waals surface area contributed by atoms with E-state index in [1.54, 1.807) is 36.5 Å². The van der Waals surface area contributed by atoms with Gasteiger partial charge in [-0.1, -0.05) is 117 Å². The lowest BCUT2D eigenvalue weighted by Crippen LogP contribution is -2.57. The summed E-state index contributed by atoms with van der Waals surface area (Å²) < 4.78 is 5.47. The van der Waals surface area contributed by atoms with Crippen LogP contribution in [0.15, 0.2) is 116 Å². The highest BCUT2D eigenvalue weighted by atomic mass is 16.5. The van der Waals surface area contributed by atoms with Crippen molar-refractivity contribution >= 4 is 34.5 Å². The maximum atomic E-state index is 14.2. The van der Waals surface area contributed by atoms with Gasteiger partial charge in [-0.05, 0) is 34.2 Å². The van der Waals surface area contributed by atoms with Crippen molar-refractivity contribution in [1.29, 1.82) is 0 Å². The first-order valence-electron chi connectivity index (χ1n) is 17.4. The first kappa shape index (κ1) is 37.4. The van der Waals surface area contributed by atoms with Gasteiger partial charge in [0, 0.05) is 36.7 Å². The van der Waals surface area contributed by atoms with Gasteiger partial charge in [-0.25, -0.2) is 9.78 Å². The number of imidazole rings is 1. The number of hydrogen-bond acceptors (Lipinski definition) is 7. The molecule has 4 atom stereocenters. The summed E-state index contributed by atoms with van der Waals surface area (Å²) in [6, 6.07) is 28.3. The number of nitrogens with zero attached hydrogens (tertiary/aromatic N) is 1. The van der Waals surface area contributed by atoms with E-state index < -0.39 is 42.1 Å². The number of aromatic amines is 1. The van der Waals surface area contributed by atoms with Crippen molar-refractivity contribution in [1.82, 2.24) is 25.9 Å². The standard InChI is InChI=1S/C41H45N5O6/c1-27(2)20-34(38(48)23-37(47)30-15-7-4-8-16-30)44-40(50)36(22-32-24-42-26-43-32)45-39(49)35(46-41(51)52-25-28-12-5-3-6-13-28)21-31-18-11-17-29-14-9-10-19-33(29)31/h3-19,24,26-27,34-36,38,48H,20-23,25H2,1-2H3,(H,42,43)(H,44,50)(H,45,49)(H,46,51)/t34-,35-,36?,38-/m0/s1. The van der Waals surface area contributed by atoms with Gasteiger partial charge < -0.3 is 30.8 Å². The number of carbonyl (C=O) groups is 4. The Morgan fingerprint density at radius 3 is 2.13 bits per heavy atom. The lowest BCUT2D eigenvalue weighted by atomic mass is 9.94. The highest BCUT2D eigenvalue weighted by Crippen LogP contribution is 2.21. The van der Waals surface area contributed by atoms with E-state index in [1.807, 2.05) is 86.6 Å². The van der Waals surface area contributed by atoms with E-state index in [1.165, 1.54) is 6.33 Å². The number of hydrogen-bond donors (Lipinski definition) is 5. The summed E-state index contributed by atoms with van der Waals surface area (Å²) in [5, 5.41) is 21.6. The quantitative estimate of drug-likeness (QED) is 0.0822. The average molecular weight is 704 g/mol. The summed E-state index contributed by atoms with van der Waals surface area (Å²) >= 11 is 0. The molecule has 11 heteroatoms. The maximum absolute atomic E-state index is 14.2. The zero-order valence-corrected chi connectivity index (χ0v) is 29.3. The van der Waals surface area contributed by atoms with Crippen LogP contribution in [0.25, 0.3) is 10.8 Å². The minimum absolute atomic E-state index is 0.00642. The molecule has 0 saturated heterocycles. The van der Waals surface area contributed by atoms with Crippen LogP contribution >= 0.6 is 0 Å². The molecule has 52 heavy (non-hydrogen) atoms. The van der Waals surface area contributed by atoms with Gasteiger partial charge in [-0.3, -0.25) is 14.4 Å². The Morgan fingerprint density at radius 2 is 1.42 bits per heavy atom. The third-order valence-electron chi connectivity index (χ3n) is 8.74. The van der Waals surface area contributed by atoms with E-state index in [-0.39, 0.29) is 37.6 Å². The van der Waals surface area contributed by atoms with Crippen LogP contribution in [0.2, 0.25) is 0 Å². The maximum Gasteiger partial charge on any atom is 0.408 e. The normalized spacial score (nSPS) is 13.5. The van der Waals surface area contributed by atoms with Crippen LogP contribution in [-0.4, -0.2) is 63.0 Å². The minimum atomic E-state index is -1.18. The van der Waals surface area contributed by atoms with Gasteiger partial charge in [0.25, 0.3) is 0 Å². The summed E-state index contributed by atoms with van der Waals surface area (Å²) in [6.45, 7) is 3.91. The Morgan fingerprint density at radius 1 is 0.769 bits per heavy atom. The van der Waals surface area contributed by atoms with Gasteiger partial charge in [0.15, 0.2) is 5.78 Å². The molecule has 11 nitrogen and oxygen atoms in total. The number of alkyl carbamates (subject to hydrolysis) is 1. The summed E-state index contributed by atoms with van der Waals surface area (Å²) in [7, 11) is 0. The molecule has 0 bridgehead atoms. The number of ether oxygens (including phenoxy) is 1. The molecule has 0 radical (unpaired) electrons. The van der Waals surface area contributed by atoms with Crippen molar-refractivity contribution in [2.45, 2.75) is 70.4 Å². The predicted molar refractivity (Wildman–Crippen MR) is 198 cm³/mol. The molecular weight excluding hydrogens is 658 g/mol. The highest BCUT2D eigenvalue weighted by molar-refractivity contribution is 5.96. The van der Waals surface area contributed by atoms with Gasteiger partial charge in [0.1, 0.15) is 18.7 Å². The zero-order valence-electron chi connectivity index (χ0n) is 29.3. The van der Waals surface area contributed by atoms with Crippen LogP contribution < -0.4 is 16.0 Å². The van der Waals surface area contributed by atoms with E-state index in [2.05, 4.69) is 25.9 Å². The number of fused-ring (bicyclic) bond motifs is 1. The third kappa shape index (κ3) is 10.8. The molecule has 3 amide bonds. The Labute approximate surface area is 303 Å². The van der Waals surface area contributed by atoms with Crippen LogP contribution in [0.1, 0.15) is 53.9 Å². The fourth-order valence-electron chi connectivity index (χ4n) is 6.08. The lowest BCUT2D eigenvalue weighted by molar-refractivity contribution is -0.130. The van der Waals surface area contributed by atoms with Gasteiger partial charge in [-0.2, -0.15) is 0 Å². The first-order chi connectivity index (χ1) is 25.2. The molecule has 0 aliphatic heterocycles. The SMILES string of the molecule is CC(C)C[C@H](NC(=O)C(Cc1cnc[nH]1)NC(=O)[C@H](Cc1cccc2ccccc12)NC(=O)OCc1ccccc1)[C@@H](O)CC(=O)c1ccccc1. The molecule has 0 fully saturated rings. The van der Waals surface area contributed by atoms with Crippen LogP contribution in [0.3, 0.4) is 0 Å². The Bertz CT molecular complexity index is 1910. The number of carbonyl (C=O) groups excluding carboxylic acids is 4. The fraction of sp³-hybridized carbons (Fsp3) is 0.293. The Balaban J connectivity index is 1.36. The molecular formula is C41H45N5O6. The highest BCUT2D eigenvalue weighted by Gasteiger charge is 2.32. The van der Waals surface area contributed by atoms with Crippen LogP contribution in [0.5, 0.6) is 0 Å². The molecule has 5 aromatic rings. The van der Waals surface area contributed by atoms with Crippen molar-refractivity contribution in [3.05, 3.63) is 138 Å². The molecule has 1 aromatic heterocycles. The second-order valence-corrected chi connectivity index (χ2v) is 13.2.